The van der Waals surface area contributed by atoms with E-state index in [0.29, 0.717) is 5.92 Å². The molecule has 110 valence electrons. The van der Waals surface area contributed by atoms with Crippen molar-refractivity contribution in [3.05, 3.63) is 0 Å². The van der Waals surface area contributed by atoms with E-state index < -0.39 is 0 Å². The molecular weight excluding hydrogens is 226 g/mol. The van der Waals surface area contributed by atoms with E-state index >= 15 is 0 Å². The molecule has 0 aliphatic carbocycles. The summed E-state index contributed by atoms with van der Waals surface area (Å²) >= 11 is 0. The normalized spacial score (nSPS) is 15.7. The minimum Gasteiger partial charge on any atom is -0.394 e. The largest absolute Gasteiger partial charge is 0.394 e. The summed E-state index contributed by atoms with van der Waals surface area (Å²) in [7, 11) is 4.20. The van der Waals surface area contributed by atoms with E-state index in [0.717, 1.165) is 32.7 Å². The number of nitrogens with zero attached hydrogens (tertiary/aromatic N) is 2. The molecule has 0 heterocycles. The molecule has 0 amide bonds. The molecule has 4 heteroatoms. The van der Waals surface area contributed by atoms with Crippen molar-refractivity contribution < 1.29 is 5.11 Å². The van der Waals surface area contributed by atoms with E-state index in [2.05, 4.69) is 56.9 Å². The Balaban J connectivity index is 4.44. The topological polar surface area (TPSA) is 38.7 Å². The van der Waals surface area contributed by atoms with Crippen molar-refractivity contribution >= 4 is 0 Å². The monoisotopic (exact) mass is 259 g/mol. The Morgan fingerprint density at radius 1 is 1.22 bits per heavy atom. The number of aliphatic hydroxyl groups excluding tert-OH is 1. The molecule has 0 aromatic rings. The SMILES string of the molecule is CCNC(C)(CO)CN(CCN(C)C)CC(C)C. The first kappa shape index (κ1) is 17.8. The quantitative estimate of drug-likeness (QED) is 0.610. The van der Waals surface area contributed by atoms with Gasteiger partial charge < -0.3 is 15.3 Å². The summed E-state index contributed by atoms with van der Waals surface area (Å²) in [5.41, 5.74) is -0.198. The maximum atomic E-state index is 9.58. The van der Waals surface area contributed by atoms with Gasteiger partial charge in [-0.15, -0.1) is 0 Å². The van der Waals surface area contributed by atoms with Crippen LogP contribution in [0.1, 0.15) is 27.7 Å². The van der Waals surface area contributed by atoms with Gasteiger partial charge in [0.05, 0.1) is 12.1 Å². The fraction of sp³-hybridized carbons (Fsp3) is 1.00. The van der Waals surface area contributed by atoms with Crippen molar-refractivity contribution in [3.63, 3.8) is 0 Å². The molecule has 0 radical (unpaired) electrons. The molecule has 1 atom stereocenters. The lowest BCUT2D eigenvalue weighted by atomic mass is 10.0. The Morgan fingerprint density at radius 3 is 2.22 bits per heavy atom. The third kappa shape index (κ3) is 8.03. The van der Waals surface area contributed by atoms with E-state index in [1.807, 2.05) is 0 Å². The molecule has 0 aliphatic heterocycles. The van der Waals surface area contributed by atoms with Gasteiger partial charge in [-0.25, -0.2) is 0 Å². The van der Waals surface area contributed by atoms with Gasteiger partial charge in [0, 0.05) is 26.2 Å². The molecular formula is C14H33N3O. The molecule has 0 bridgehead atoms. The molecule has 0 saturated carbocycles. The van der Waals surface area contributed by atoms with E-state index in [4.69, 9.17) is 0 Å². The van der Waals surface area contributed by atoms with Crippen LogP contribution in [-0.4, -0.2) is 73.9 Å². The van der Waals surface area contributed by atoms with E-state index in [9.17, 15) is 5.11 Å². The third-order valence-electron chi connectivity index (χ3n) is 3.01. The number of nitrogens with one attached hydrogen (secondary N) is 1. The highest BCUT2D eigenvalue weighted by atomic mass is 16.3. The first-order valence-electron chi connectivity index (χ1n) is 7.06. The van der Waals surface area contributed by atoms with E-state index in [1.54, 1.807) is 0 Å². The zero-order valence-electron chi connectivity index (χ0n) is 13.2. The summed E-state index contributed by atoms with van der Waals surface area (Å²) in [5, 5.41) is 13.0. The van der Waals surface area contributed by atoms with Crippen molar-refractivity contribution in [1.82, 2.24) is 15.1 Å². The number of rotatable bonds is 10. The molecule has 4 nitrogen and oxygen atoms in total. The lowest BCUT2D eigenvalue weighted by molar-refractivity contribution is 0.109. The van der Waals surface area contributed by atoms with Gasteiger partial charge in [-0.1, -0.05) is 20.8 Å². The maximum absolute atomic E-state index is 9.58. The Hall–Kier alpha value is -0.160. The predicted octanol–water partition coefficient (Wildman–Crippen LogP) is 0.867. The van der Waals surface area contributed by atoms with Crippen molar-refractivity contribution in [1.29, 1.82) is 0 Å². The number of aliphatic hydroxyl groups is 1. The molecule has 0 aliphatic rings. The van der Waals surface area contributed by atoms with Gasteiger partial charge >= 0.3 is 0 Å². The van der Waals surface area contributed by atoms with Crippen LogP contribution in [0.4, 0.5) is 0 Å². The molecule has 1 unspecified atom stereocenters. The average molecular weight is 259 g/mol. The second kappa shape index (κ2) is 8.86. The van der Waals surface area contributed by atoms with Crippen LogP contribution >= 0.6 is 0 Å². The van der Waals surface area contributed by atoms with E-state index in [-0.39, 0.29) is 12.1 Å². The summed E-state index contributed by atoms with van der Waals surface area (Å²) in [6.07, 6.45) is 0. The highest BCUT2D eigenvalue weighted by Gasteiger charge is 2.25. The van der Waals surface area contributed by atoms with Crippen LogP contribution in [0.2, 0.25) is 0 Å². The van der Waals surface area contributed by atoms with Crippen molar-refractivity contribution in [3.8, 4) is 0 Å². The summed E-state index contributed by atoms with van der Waals surface area (Å²) < 4.78 is 0. The van der Waals surface area contributed by atoms with Crippen molar-refractivity contribution in [2.45, 2.75) is 33.2 Å². The van der Waals surface area contributed by atoms with Crippen LogP contribution in [0.5, 0.6) is 0 Å². The molecule has 0 saturated heterocycles. The molecule has 0 rings (SSSR count). The van der Waals surface area contributed by atoms with Gasteiger partial charge in [0.25, 0.3) is 0 Å². The van der Waals surface area contributed by atoms with Gasteiger partial charge in [0.1, 0.15) is 0 Å². The minimum absolute atomic E-state index is 0.178. The van der Waals surface area contributed by atoms with Gasteiger partial charge in [-0.2, -0.15) is 0 Å². The highest BCUT2D eigenvalue weighted by Crippen LogP contribution is 2.08. The van der Waals surface area contributed by atoms with Crippen LogP contribution in [-0.2, 0) is 0 Å². The zero-order valence-corrected chi connectivity index (χ0v) is 13.2. The first-order valence-corrected chi connectivity index (χ1v) is 7.06. The third-order valence-corrected chi connectivity index (χ3v) is 3.01. The molecule has 18 heavy (non-hydrogen) atoms. The Labute approximate surface area is 113 Å². The standard InChI is InChI=1S/C14H33N3O/c1-7-15-14(4,12-18)11-17(10-13(2)3)9-8-16(5)6/h13,15,18H,7-12H2,1-6H3. The fourth-order valence-corrected chi connectivity index (χ4v) is 2.17. The lowest BCUT2D eigenvalue weighted by Gasteiger charge is -2.36. The molecule has 0 fully saturated rings. The molecule has 0 aromatic heterocycles. The smallest absolute Gasteiger partial charge is 0.0623 e. The molecule has 0 spiro atoms. The van der Waals surface area contributed by atoms with Crippen LogP contribution in [0.3, 0.4) is 0 Å². The molecule has 2 N–H and O–H groups in total. The summed E-state index contributed by atoms with van der Waals surface area (Å²) in [4.78, 5) is 4.65. The summed E-state index contributed by atoms with van der Waals surface area (Å²) in [6, 6.07) is 0. The number of hydrogen-bond donors (Lipinski definition) is 2. The number of likely N-dealkylation sites (N-methyl/N-ethyl adjacent to an activating group) is 2. The van der Waals surface area contributed by atoms with Crippen LogP contribution in [0.25, 0.3) is 0 Å². The van der Waals surface area contributed by atoms with Gasteiger partial charge in [0.2, 0.25) is 0 Å². The second-order valence-corrected chi connectivity index (χ2v) is 6.18. The maximum Gasteiger partial charge on any atom is 0.0623 e. The van der Waals surface area contributed by atoms with Crippen LogP contribution < -0.4 is 5.32 Å². The summed E-state index contributed by atoms with van der Waals surface area (Å²) in [6.45, 7) is 13.8. The summed E-state index contributed by atoms with van der Waals surface area (Å²) in [5.74, 6) is 0.650. The van der Waals surface area contributed by atoms with Crippen molar-refractivity contribution in [2.75, 3.05) is 53.4 Å². The lowest BCUT2D eigenvalue weighted by Crippen LogP contribution is -2.55. The number of hydrogen-bond acceptors (Lipinski definition) is 4. The van der Waals surface area contributed by atoms with E-state index in [1.165, 1.54) is 0 Å². The molecule has 0 aromatic carbocycles. The first-order chi connectivity index (χ1) is 8.33. The van der Waals surface area contributed by atoms with Crippen LogP contribution in [0.15, 0.2) is 0 Å². The predicted molar refractivity (Wildman–Crippen MR) is 79.0 cm³/mol. The fourth-order valence-electron chi connectivity index (χ4n) is 2.17. The Morgan fingerprint density at radius 2 is 1.83 bits per heavy atom. The minimum atomic E-state index is -0.198. The highest BCUT2D eigenvalue weighted by molar-refractivity contribution is 4.86. The Bertz CT molecular complexity index is 209. The van der Waals surface area contributed by atoms with Crippen molar-refractivity contribution in [2.24, 2.45) is 5.92 Å². The second-order valence-electron chi connectivity index (χ2n) is 6.18. The van der Waals surface area contributed by atoms with Gasteiger partial charge in [-0.3, -0.25) is 4.90 Å². The average Bonchev–Trinajstić information content (AvgIpc) is 2.25. The Kier molecular flexibility index (Phi) is 8.78. The zero-order chi connectivity index (χ0) is 14.2. The van der Waals surface area contributed by atoms with Crippen LogP contribution in [0, 0.1) is 5.92 Å². The van der Waals surface area contributed by atoms with Gasteiger partial charge in [-0.05, 0) is 33.5 Å². The van der Waals surface area contributed by atoms with Gasteiger partial charge in [0.15, 0.2) is 0 Å².